The highest BCUT2D eigenvalue weighted by Crippen LogP contribution is 2.20. The number of hydrogen-bond donors (Lipinski definition) is 0. The second-order valence-corrected chi connectivity index (χ2v) is 4.48. The molecule has 0 spiro atoms. The molecular formula is C14H16N4O. The van der Waals surface area contributed by atoms with E-state index in [0.29, 0.717) is 0 Å². The number of aromatic nitrogens is 3. The fourth-order valence-corrected chi connectivity index (χ4v) is 2.25. The number of anilines is 1. The first-order valence-electron chi connectivity index (χ1n) is 6.46. The van der Waals surface area contributed by atoms with Gasteiger partial charge in [0.25, 0.3) is 0 Å². The molecule has 0 radical (unpaired) electrons. The van der Waals surface area contributed by atoms with Gasteiger partial charge in [0.1, 0.15) is 5.82 Å². The van der Waals surface area contributed by atoms with Crippen molar-refractivity contribution < 1.29 is 4.74 Å². The Morgan fingerprint density at radius 2 is 1.95 bits per heavy atom. The van der Waals surface area contributed by atoms with Crippen LogP contribution in [0.15, 0.2) is 36.7 Å². The minimum atomic E-state index is 0.758. The number of hydrogen-bond acceptors (Lipinski definition) is 5. The van der Waals surface area contributed by atoms with Gasteiger partial charge in [-0.05, 0) is 18.2 Å². The molecule has 5 nitrogen and oxygen atoms in total. The van der Waals surface area contributed by atoms with E-state index in [1.165, 1.54) is 5.56 Å². The van der Waals surface area contributed by atoms with E-state index in [1.54, 1.807) is 6.20 Å². The van der Waals surface area contributed by atoms with E-state index < -0.39 is 0 Å². The fourth-order valence-electron chi connectivity index (χ4n) is 2.25. The monoisotopic (exact) mass is 256 g/mol. The van der Waals surface area contributed by atoms with E-state index in [0.717, 1.165) is 44.2 Å². The van der Waals surface area contributed by atoms with Gasteiger partial charge >= 0.3 is 0 Å². The van der Waals surface area contributed by atoms with Crippen LogP contribution in [0.1, 0.15) is 11.3 Å². The average molecular weight is 256 g/mol. The van der Waals surface area contributed by atoms with Gasteiger partial charge in [-0.3, -0.25) is 0 Å². The van der Waals surface area contributed by atoms with Crippen LogP contribution in [0.2, 0.25) is 0 Å². The first-order valence-corrected chi connectivity index (χ1v) is 6.46. The zero-order valence-electron chi connectivity index (χ0n) is 10.7. The molecule has 19 heavy (non-hydrogen) atoms. The Bertz CT molecular complexity index is 526. The van der Waals surface area contributed by atoms with E-state index in [2.05, 4.69) is 26.1 Å². The summed E-state index contributed by atoms with van der Waals surface area (Å²) < 4.78 is 5.39. The minimum Gasteiger partial charge on any atom is -0.378 e. The van der Waals surface area contributed by atoms with E-state index in [9.17, 15) is 0 Å². The normalized spacial score (nSPS) is 15.5. The van der Waals surface area contributed by atoms with Crippen LogP contribution in [0.25, 0.3) is 0 Å². The highest BCUT2D eigenvalue weighted by Gasteiger charge is 2.16. The Morgan fingerprint density at radius 1 is 1.11 bits per heavy atom. The number of pyridine rings is 1. The maximum absolute atomic E-state index is 5.39. The number of nitrogens with zero attached hydrogens (tertiary/aromatic N) is 4. The maximum Gasteiger partial charge on any atom is 0.132 e. The molecule has 1 aliphatic rings. The van der Waals surface area contributed by atoms with Crippen molar-refractivity contribution in [1.29, 1.82) is 0 Å². The third-order valence-electron chi connectivity index (χ3n) is 3.18. The lowest BCUT2D eigenvalue weighted by Crippen LogP contribution is -2.37. The summed E-state index contributed by atoms with van der Waals surface area (Å²) in [6.45, 7) is 3.32. The second kappa shape index (κ2) is 5.75. The summed E-state index contributed by atoms with van der Waals surface area (Å²) in [5, 5.41) is 8.06. The van der Waals surface area contributed by atoms with Crippen LogP contribution in [0.3, 0.4) is 0 Å². The number of morpholine rings is 1. The zero-order valence-corrected chi connectivity index (χ0v) is 10.7. The van der Waals surface area contributed by atoms with E-state index in [-0.39, 0.29) is 0 Å². The summed E-state index contributed by atoms with van der Waals surface area (Å²) in [6.07, 6.45) is 4.29. The molecular weight excluding hydrogens is 240 g/mol. The zero-order chi connectivity index (χ0) is 12.9. The van der Waals surface area contributed by atoms with Crippen molar-refractivity contribution in [2.24, 2.45) is 0 Å². The Balaban J connectivity index is 1.84. The molecule has 98 valence electrons. The van der Waals surface area contributed by atoms with E-state index in [1.807, 2.05) is 24.4 Å². The Labute approximate surface area is 112 Å². The SMILES string of the molecule is c1cnnc(Cc2cccnc2N2CCOCC2)c1. The standard InChI is InChI=1S/C14H16N4O/c1-3-12(11-13-4-2-6-16-17-13)14(15-5-1)18-7-9-19-10-8-18/h1-6H,7-11H2. The van der Waals surface area contributed by atoms with Crippen LogP contribution in [-0.2, 0) is 11.2 Å². The van der Waals surface area contributed by atoms with Crippen molar-refractivity contribution in [3.05, 3.63) is 47.9 Å². The van der Waals surface area contributed by atoms with Crippen molar-refractivity contribution >= 4 is 5.82 Å². The molecule has 3 rings (SSSR count). The molecule has 0 atom stereocenters. The van der Waals surface area contributed by atoms with Gasteiger partial charge in [-0.1, -0.05) is 6.07 Å². The van der Waals surface area contributed by atoms with E-state index >= 15 is 0 Å². The minimum absolute atomic E-state index is 0.758. The molecule has 2 aromatic heterocycles. The molecule has 0 unspecified atom stereocenters. The molecule has 0 N–H and O–H groups in total. The van der Waals surface area contributed by atoms with E-state index in [4.69, 9.17) is 4.74 Å². The first kappa shape index (κ1) is 12.0. The van der Waals surface area contributed by atoms with Crippen molar-refractivity contribution in [2.45, 2.75) is 6.42 Å². The highest BCUT2D eigenvalue weighted by atomic mass is 16.5. The van der Waals surface area contributed by atoms with Crippen molar-refractivity contribution in [1.82, 2.24) is 15.2 Å². The van der Waals surface area contributed by atoms with Gasteiger partial charge in [-0.2, -0.15) is 10.2 Å². The molecule has 0 saturated carbocycles. The molecule has 0 amide bonds. The Kier molecular flexibility index (Phi) is 3.65. The van der Waals surface area contributed by atoms with Gasteiger partial charge in [-0.15, -0.1) is 0 Å². The molecule has 1 saturated heterocycles. The topological polar surface area (TPSA) is 51.1 Å². The molecule has 3 heterocycles. The Morgan fingerprint density at radius 3 is 2.74 bits per heavy atom. The third kappa shape index (κ3) is 2.88. The quantitative estimate of drug-likeness (QED) is 0.828. The van der Waals surface area contributed by atoms with Crippen LogP contribution in [0.4, 0.5) is 5.82 Å². The summed E-state index contributed by atoms with van der Waals surface area (Å²) >= 11 is 0. The number of rotatable bonds is 3. The molecule has 0 aliphatic carbocycles. The van der Waals surface area contributed by atoms with Gasteiger partial charge in [0, 0.05) is 37.5 Å². The molecule has 1 aliphatic heterocycles. The third-order valence-corrected chi connectivity index (χ3v) is 3.18. The largest absolute Gasteiger partial charge is 0.378 e. The van der Waals surface area contributed by atoms with Crippen molar-refractivity contribution in [2.75, 3.05) is 31.2 Å². The summed E-state index contributed by atoms with van der Waals surface area (Å²) in [6, 6.07) is 7.97. The van der Waals surface area contributed by atoms with Crippen molar-refractivity contribution in [3.8, 4) is 0 Å². The Hall–Kier alpha value is -2.01. The van der Waals surface area contributed by atoms with Crippen LogP contribution < -0.4 is 4.90 Å². The average Bonchev–Trinajstić information content (AvgIpc) is 2.50. The van der Waals surface area contributed by atoms with Gasteiger partial charge in [-0.25, -0.2) is 4.98 Å². The smallest absolute Gasteiger partial charge is 0.132 e. The lowest BCUT2D eigenvalue weighted by Gasteiger charge is -2.29. The summed E-state index contributed by atoms with van der Waals surface area (Å²) in [5.41, 5.74) is 2.15. The highest BCUT2D eigenvalue weighted by molar-refractivity contribution is 5.48. The van der Waals surface area contributed by atoms with Crippen LogP contribution in [0.5, 0.6) is 0 Å². The number of ether oxygens (including phenoxy) is 1. The molecule has 5 heteroatoms. The predicted octanol–water partition coefficient (Wildman–Crippen LogP) is 1.30. The second-order valence-electron chi connectivity index (χ2n) is 4.48. The van der Waals surface area contributed by atoms with Gasteiger partial charge in [0.2, 0.25) is 0 Å². The summed E-state index contributed by atoms with van der Waals surface area (Å²) in [4.78, 5) is 6.79. The van der Waals surface area contributed by atoms with Gasteiger partial charge in [0.15, 0.2) is 0 Å². The summed E-state index contributed by atoms with van der Waals surface area (Å²) in [7, 11) is 0. The first-order chi connectivity index (χ1) is 9.43. The van der Waals surface area contributed by atoms with Gasteiger partial charge in [0.05, 0.1) is 18.9 Å². The predicted molar refractivity (Wildman–Crippen MR) is 72.1 cm³/mol. The van der Waals surface area contributed by atoms with Crippen LogP contribution in [0, 0.1) is 0 Å². The fraction of sp³-hybridized carbons (Fsp3) is 0.357. The summed E-state index contributed by atoms with van der Waals surface area (Å²) in [5.74, 6) is 1.04. The van der Waals surface area contributed by atoms with Crippen molar-refractivity contribution in [3.63, 3.8) is 0 Å². The molecule has 2 aromatic rings. The van der Waals surface area contributed by atoms with Crippen LogP contribution in [-0.4, -0.2) is 41.5 Å². The molecule has 0 bridgehead atoms. The molecule has 1 fully saturated rings. The van der Waals surface area contributed by atoms with Gasteiger partial charge < -0.3 is 9.64 Å². The van der Waals surface area contributed by atoms with Crippen LogP contribution >= 0.6 is 0 Å². The maximum atomic E-state index is 5.39. The lowest BCUT2D eigenvalue weighted by atomic mass is 10.1. The lowest BCUT2D eigenvalue weighted by molar-refractivity contribution is 0.122. The molecule has 0 aromatic carbocycles.